The molecule has 0 aliphatic heterocycles. The van der Waals surface area contributed by atoms with Gasteiger partial charge in [-0.05, 0) is 12.8 Å². The largest absolute Gasteiger partial charge is 0.322 e. The first-order valence-corrected chi connectivity index (χ1v) is 4.34. The van der Waals surface area contributed by atoms with Crippen molar-refractivity contribution in [3.63, 3.8) is 0 Å². The average Bonchev–Trinajstić information content (AvgIpc) is 2.01. The molecule has 4 nitrogen and oxygen atoms in total. The van der Waals surface area contributed by atoms with Gasteiger partial charge in [0.1, 0.15) is 5.82 Å². The van der Waals surface area contributed by atoms with Crippen molar-refractivity contribution in [1.29, 1.82) is 0 Å². The van der Waals surface area contributed by atoms with Crippen molar-refractivity contribution in [2.24, 2.45) is 11.7 Å². The summed E-state index contributed by atoms with van der Waals surface area (Å²) in [6, 6.07) is 1.29. The first-order chi connectivity index (χ1) is 6.00. The molecule has 1 atom stereocenters. The Kier molecular flexibility index (Phi) is 2.83. The molecule has 13 heavy (non-hydrogen) atoms. The Bertz CT molecular complexity index is 343. The molecule has 0 amide bonds. The number of aryl methyl sites for hydroxylation is 1. The lowest BCUT2D eigenvalue weighted by Gasteiger charge is -2.14. The summed E-state index contributed by atoms with van der Waals surface area (Å²) >= 11 is 0. The molecule has 3 N–H and O–H groups in total. The van der Waals surface area contributed by atoms with Crippen molar-refractivity contribution in [2.45, 2.75) is 26.8 Å². The number of nitrogens with one attached hydrogen (secondary N) is 1. The average molecular weight is 181 g/mol. The zero-order valence-electron chi connectivity index (χ0n) is 8.16. The quantitative estimate of drug-likeness (QED) is 0.706. The van der Waals surface area contributed by atoms with Crippen LogP contribution in [0.25, 0.3) is 0 Å². The second-order valence-corrected chi connectivity index (χ2v) is 3.53. The van der Waals surface area contributed by atoms with Crippen LogP contribution in [0.15, 0.2) is 10.9 Å². The van der Waals surface area contributed by atoms with E-state index in [4.69, 9.17) is 5.73 Å². The van der Waals surface area contributed by atoms with Crippen LogP contribution in [0.1, 0.15) is 31.4 Å². The molecule has 1 aromatic rings. The van der Waals surface area contributed by atoms with Crippen molar-refractivity contribution < 1.29 is 0 Å². The molecule has 4 heteroatoms. The summed E-state index contributed by atoms with van der Waals surface area (Å²) in [5.41, 5.74) is 6.38. The van der Waals surface area contributed by atoms with E-state index in [1.165, 1.54) is 6.07 Å². The molecule has 0 aliphatic carbocycles. The lowest BCUT2D eigenvalue weighted by molar-refractivity contribution is 0.500. The van der Waals surface area contributed by atoms with Crippen molar-refractivity contribution in [2.75, 3.05) is 0 Å². The van der Waals surface area contributed by atoms with Crippen molar-refractivity contribution >= 4 is 0 Å². The molecule has 0 spiro atoms. The van der Waals surface area contributed by atoms with Gasteiger partial charge in [-0.3, -0.25) is 4.79 Å². The van der Waals surface area contributed by atoms with E-state index in [9.17, 15) is 4.79 Å². The predicted molar refractivity (Wildman–Crippen MR) is 51.4 cm³/mol. The molecule has 0 bridgehead atoms. The van der Waals surface area contributed by atoms with Gasteiger partial charge < -0.3 is 10.7 Å². The van der Waals surface area contributed by atoms with Crippen LogP contribution in [0.2, 0.25) is 0 Å². The van der Waals surface area contributed by atoms with E-state index in [1.807, 2.05) is 13.8 Å². The number of aromatic nitrogens is 2. The number of nitrogens with two attached hydrogens (primary N) is 1. The first-order valence-electron chi connectivity index (χ1n) is 4.34. The van der Waals surface area contributed by atoms with Gasteiger partial charge in [0.25, 0.3) is 5.56 Å². The van der Waals surface area contributed by atoms with Gasteiger partial charge in [-0.1, -0.05) is 13.8 Å². The highest BCUT2D eigenvalue weighted by atomic mass is 16.1. The second kappa shape index (κ2) is 3.70. The number of aromatic amines is 1. The van der Waals surface area contributed by atoms with Gasteiger partial charge in [-0.25, -0.2) is 4.98 Å². The number of hydrogen-bond acceptors (Lipinski definition) is 3. The fourth-order valence-electron chi connectivity index (χ4n) is 1.11. The summed E-state index contributed by atoms with van der Waals surface area (Å²) in [6.07, 6.45) is 0. The maximum atomic E-state index is 11.1. The predicted octanol–water partition coefficient (Wildman–Crippen LogP) is 0.734. The zero-order chi connectivity index (χ0) is 10.0. The van der Waals surface area contributed by atoms with Gasteiger partial charge in [0.2, 0.25) is 0 Å². The van der Waals surface area contributed by atoms with Crippen LogP contribution in [0, 0.1) is 12.8 Å². The minimum atomic E-state index is -0.166. The Labute approximate surface area is 77.2 Å². The molecule has 1 aromatic heterocycles. The number of nitrogens with zero attached hydrogens (tertiary/aromatic N) is 1. The molecule has 0 saturated carbocycles. The van der Waals surface area contributed by atoms with E-state index in [2.05, 4.69) is 9.97 Å². The summed E-state index contributed by atoms with van der Waals surface area (Å²) in [5.74, 6) is 0.896. The topological polar surface area (TPSA) is 71.8 Å². The van der Waals surface area contributed by atoms with E-state index in [0.717, 1.165) is 0 Å². The van der Waals surface area contributed by atoms with Gasteiger partial charge >= 0.3 is 0 Å². The fraction of sp³-hybridized carbons (Fsp3) is 0.556. The van der Waals surface area contributed by atoms with E-state index in [1.54, 1.807) is 6.92 Å². The normalized spacial score (nSPS) is 13.3. The Morgan fingerprint density at radius 1 is 1.54 bits per heavy atom. The van der Waals surface area contributed by atoms with Crippen molar-refractivity contribution in [1.82, 2.24) is 9.97 Å². The molecule has 72 valence electrons. The van der Waals surface area contributed by atoms with Gasteiger partial charge in [-0.15, -0.1) is 0 Å². The molecule has 1 rings (SSSR count). The number of hydrogen-bond donors (Lipinski definition) is 2. The van der Waals surface area contributed by atoms with Crippen LogP contribution >= 0.6 is 0 Å². The van der Waals surface area contributed by atoms with Crippen molar-refractivity contribution in [3.8, 4) is 0 Å². The van der Waals surface area contributed by atoms with Gasteiger partial charge in [0, 0.05) is 12.1 Å². The Balaban J connectivity index is 3.08. The van der Waals surface area contributed by atoms with Crippen LogP contribution in [-0.4, -0.2) is 9.97 Å². The van der Waals surface area contributed by atoms with E-state index >= 15 is 0 Å². The molecular formula is C9H15N3O. The third-order valence-corrected chi connectivity index (χ3v) is 1.94. The Hall–Kier alpha value is -1.16. The van der Waals surface area contributed by atoms with Crippen LogP contribution in [0.4, 0.5) is 0 Å². The smallest absolute Gasteiger partial charge is 0.251 e. The third kappa shape index (κ3) is 2.39. The molecule has 0 aromatic carbocycles. The maximum absolute atomic E-state index is 11.1. The SMILES string of the molecule is Cc1nc([C@H](N)C(C)C)cc(=O)[nH]1. The maximum Gasteiger partial charge on any atom is 0.251 e. The molecule has 0 radical (unpaired) electrons. The molecule has 0 saturated heterocycles. The summed E-state index contributed by atoms with van der Waals surface area (Å²) in [5, 5.41) is 0. The number of rotatable bonds is 2. The standard InChI is InChI=1S/C9H15N3O/c1-5(2)9(10)7-4-8(13)12-6(3)11-7/h4-5,9H,10H2,1-3H3,(H,11,12,13)/t9-/m1/s1. The zero-order valence-corrected chi connectivity index (χ0v) is 8.16. The van der Waals surface area contributed by atoms with Gasteiger partial charge in [0.15, 0.2) is 0 Å². The third-order valence-electron chi connectivity index (χ3n) is 1.94. The van der Waals surface area contributed by atoms with E-state index in [-0.39, 0.29) is 17.5 Å². The van der Waals surface area contributed by atoms with Crippen molar-refractivity contribution in [3.05, 3.63) is 27.9 Å². The summed E-state index contributed by atoms with van der Waals surface area (Å²) in [4.78, 5) is 17.8. The van der Waals surface area contributed by atoms with E-state index < -0.39 is 0 Å². The minimum absolute atomic E-state index is 0.140. The first kappa shape index (κ1) is 9.92. The van der Waals surface area contributed by atoms with Crippen LogP contribution in [-0.2, 0) is 0 Å². The monoisotopic (exact) mass is 181 g/mol. The molecule has 0 fully saturated rings. The molecule has 0 unspecified atom stereocenters. The van der Waals surface area contributed by atoms with E-state index in [0.29, 0.717) is 11.5 Å². The summed E-state index contributed by atoms with van der Waals surface area (Å²) in [7, 11) is 0. The Morgan fingerprint density at radius 3 is 2.62 bits per heavy atom. The summed E-state index contributed by atoms with van der Waals surface area (Å²) in [6.45, 7) is 5.75. The molecule has 0 aliphatic rings. The van der Waals surface area contributed by atoms with Gasteiger partial charge in [0.05, 0.1) is 5.69 Å². The fourth-order valence-corrected chi connectivity index (χ4v) is 1.11. The van der Waals surface area contributed by atoms with Gasteiger partial charge in [-0.2, -0.15) is 0 Å². The van der Waals surface area contributed by atoms with Crippen LogP contribution in [0.5, 0.6) is 0 Å². The molecule has 1 heterocycles. The van der Waals surface area contributed by atoms with Crippen LogP contribution < -0.4 is 11.3 Å². The Morgan fingerprint density at radius 2 is 2.15 bits per heavy atom. The minimum Gasteiger partial charge on any atom is -0.322 e. The molecular weight excluding hydrogens is 166 g/mol. The lowest BCUT2D eigenvalue weighted by Crippen LogP contribution is -2.22. The summed E-state index contributed by atoms with van der Waals surface area (Å²) < 4.78 is 0. The lowest BCUT2D eigenvalue weighted by atomic mass is 10.0. The highest BCUT2D eigenvalue weighted by Gasteiger charge is 2.12. The second-order valence-electron chi connectivity index (χ2n) is 3.53. The highest BCUT2D eigenvalue weighted by molar-refractivity contribution is 5.07. The van der Waals surface area contributed by atoms with Crippen LogP contribution in [0.3, 0.4) is 0 Å². The highest BCUT2D eigenvalue weighted by Crippen LogP contribution is 2.14. The number of H-pyrrole nitrogens is 1.